The zero-order chi connectivity index (χ0) is 37.5. The Kier molecular flexibility index (Phi) is 7.44. The minimum absolute atomic E-state index is 0.0270. The van der Waals surface area contributed by atoms with Crippen LogP contribution in [0, 0.1) is 0 Å². The van der Waals surface area contributed by atoms with Crippen LogP contribution in [0.1, 0.15) is 51.3 Å². The number of rotatable bonds is 5. The molecule has 1 aliphatic carbocycles. The third-order valence-electron chi connectivity index (χ3n) is 11.8. The molecule has 0 radical (unpaired) electrons. The van der Waals surface area contributed by atoms with Crippen molar-refractivity contribution < 1.29 is 4.42 Å². The highest BCUT2D eigenvalue weighted by Gasteiger charge is 2.36. The Morgan fingerprint density at radius 2 is 1.16 bits per heavy atom. The molecule has 0 saturated heterocycles. The summed E-state index contributed by atoms with van der Waals surface area (Å²) in [5.74, 6) is 0. The molecule has 0 unspecified atom stereocenters. The van der Waals surface area contributed by atoms with E-state index in [2.05, 4.69) is 209 Å². The SMILES string of the molecule is CC(C)(C)c1ccc(N(c2ccc3c(c2)-c2ccccc2C3(C)C)c2ccc3ccccc3c2-c2cccc3c2oc2ccccc23)c(-c2ccccc2)c1. The van der Waals surface area contributed by atoms with Gasteiger partial charge in [0.25, 0.3) is 0 Å². The molecule has 266 valence electrons. The Labute approximate surface area is 323 Å². The molecular formula is C53H43NO. The number of fused-ring (bicyclic) bond motifs is 7. The van der Waals surface area contributed by atoms with Gasteiger partial charge < -0.3 is 9.32 Å². The highest BCUT2D eigenvalue weighted by Crippen LogP contribution is 2.53. The number of benzene rings is 8. The molecule has 0 saturated carbocycles. The molecule has 0 aliphatic heterocycles. The van der Waals surface area contributed by atoms with E-state index in [9.17, 15) is 0 Å². The Hall–Kier alpha value is -6.38. The van der Waals surface area contributed by atoms with Crippen LogP contribution in [-0.4, -0.2) is 0 Å². The lowest BCUT2D eigenvalue weighted by Gasteiger charge is -2.32. The molecule has 2 heteroatoms. The van der Waals surface area contributed by atoms with E-state index in [1.54, 1.807) is 0 Å². The van der Waals surface area contributed by atoms with Crippen LogP contribution in [0.25, 0.3) is 66.1 Å². The van der Waals surface area contributed by atoms with E-state index in [0.717, 1.165) is 50.1 Å². The Morgan fingerprint density at radius 3 is 2.00 bits per heavy atom. The zero-order valence-corrected chi connectivity index (χ0v) is 32.0. The van der Waals surface area contributed by atoms with Crippen LogP contribution in [0.5, 0.6) is 0 Å². The first-order chi connectivity index (χ1) is 26.7. The number of para-hydroxylation sites is 2. The van der Waals surface area contributed by atoms with E-state index in [-0.39, 0.29) is 10.8 Å². The highest BCUT2D eigenvalue weighted by molar-refractivity contribution is 6.15. The van der Waals surface area contributed by atoms with Crippen molar-refractivity contribution >= 4 is 49.8 Å². The lowest BCUT2D eigenvalue weighted by Crippen LogP contribution is -2.17. The normalized spacial score (nSPS) is 13.3. The molecule has 1 aliphatic rings. The fourth-order valence-electron chi connectivity index (χ4n) is 8.98. The van der Waals surface area contributed by atoms with Gasteiger partial charge in [0.05, 0.1) is 11.4 Å². The Balaban J connectivity index is 1.33. The second-order valence-corrected chi connectivity index (χ2v) is 16.5. The van der Waals surface area contributed by atoms with Crippen LogP contribution in [0.2, 0.25) is 0 Å². The van der Waals surface area contributed by atoms with Gasteiger partial charge in [-0.3, -0.25) is 0 Å². The summed E-state index contributed by atoms with van der Waals surface area (Å²) < 4.78 is 6.78. The lowest BCUT2D eigenvalue weighted by molar-refractivity contribution is 0.590. The van der Waals surface area contributed by atoms with Crippen molar-refractivity contribution in [2.75, 3.05) is 4.90 Å². The molecule has 0 fully saturated rings. The molecule has 0 amide bonds. The summed E-state index contributed by atoms with van der Waals surface area (Å²) >= 11 is 0. The first kappa shape index (κ1) is 33.2. The topological polar surface area (TPSA) is 16.4 Å². The molecule has 55 heavy (non-hydrogen) atoms. The molecule has 8 aromatic carbocycles. The van der Waals surface area contributed by atoms with Crippen LogP contribution in [-0.2, 0) is 10.8 Å². The Bertz CT molecular complexity index is 2940. The van der Waals surface area contributed by atoms with Gasteiger partial charge in [0.1, 0.15) is 11.2 Å². The minimum Gasteiger partial charge on any atom is -0.455 e. The van der Waals surface area contributed by atoms with Gasteiger partial charge in [0.15, 0.2) is 0 Å². The maximum Gasteiger partial charge on any atom is 0.143 e. The van der Waals surface area contributed by atoms with E-state index in [4.69, 9.17) is 4.42 Å². The number of anilines is 3. The molecule has 0 N–H and O–H groups in total. The molecule has 1 aromatic heterocycles. The van der Waals surface area contributed by atoms with Crippen LogP contribution in [0.3, 0.4) is 0 Å². The highest BCUT2D eigenvalue weighted by atomic mass is 16.3. The van der Waals surface area contributed by atoms with Crippen molar-refractivity contribution in [2.24, 2.45) is 0 Å². The van der Waals surface area contributed by atoms with Crippen molar-refractivity contribution in [1.29, 1.82) is 0 Å². The fraction of sp³-hybridized carbons (Fsp3) is 0.132. The molecule has 0 atom stereocenters. The summed E-state index contributed by atoms with van der Waals surface area (Å²) in [4.78, 5) is 2.51. The second-order valence-electron chi connectivity index (χ2n) is 16.5. The van der Waals surface area contributed by atoms with Gasteiger partial charge in [-0.15, -0.1) is 0 Å². The lowest BCUT2D eigenvalue weighted by atomic mass is 9.82. The minimum atomic E-state index is -0.0934. The molecule has 0 bridgehead atoms. The van der Waals surface area contributed by atoms with E-state index in [1.165, 1.54) is 49.7 Å². The summed E-state index contributed by atoms with van der Waals surface area (Å²) in [6, 6.07) is 62.3. The van der Waals surface area contributed by atoms with Gasteiger partial charge in [0, 0.05) is 38.6 Å². The third-order valence-corrected chi connectivity index (χ3v) is 11.8. The van der Waals surface area contributed by atoms with E-state index in [1.807, 2.05) is 0 Å². The van der Waals surface area contributed by atoms with E-state index >= 15 is 0 Å². The van der Waals surface area contributed by atoms with Crippen LogP contribution in [0.15, 0.2) is 174 Å². The van der Waals surface area contributed by atoms with E-state index < -0.39 is 0 Å². The largest absolute Gasteiger partial charge is 0.455 e. The van der Waals surface area contributed by atoms with Crippen molar-refractivity contribution in [1.82, 2.24) is 0 Å². The maximum atomic E-state index is 6.78. The average molecular weight is 710 g/mol. The monoisotopic (exact) mass is 709 g/mol. The first-order valence-corrected chi connectivity index (χ1v) is 19.4. The molecule has 10 rings (SSSR count). The number of furan rings is 1. The molecule has 9 aromatic rings. The maximum absolute atomic E-state index is 6.78. The first-order valence-electron chi connectivity index (χ1n) is 19.4. The summed E-state index contributed by atoms with van der Waals surface area (Å²) in [5, 5.41) is 4.61. The van der Waals surface area contributed by atoms with Gasteiger partial charge in [-0.05, 0) is 86.0 Å². The summed E-state index contributed by atoms with van der Waals surface area (Å²) in [5.41, 5.74) is 16.2. The van der Waals surface area contributed by atoms with Gasteiger partial charge in [-0.25, -0.2) is 0 Å². The molecule has 1 heterocycles. The average Bonchev–Trinajstić information content (AvgIpc) is 3.70. The third kappa shape index (κ3) is 5.23. The van der Waals surface area contributed by atoms with Crippen molar-refractivity contribution in [3.63, 3.8) is 0 Å². The van der Waals surface area contributed by atoms with Crippen LogP contribution >= 0.6 is 0 Å². The zero-order valence-electron chi connectivity index (χ0n) is 32.0. The van der Waals surface area contributed by atoms with Gasteiger partial charge in [-0.1, -0.05) is 168 Å². The fourth-order valence-corrected chi connectivity index (χ4v) is 8.98. The van der Waals surface area contributed by atoms with Gasteiger partial charge in [-0.2, -0.15) is 0 Å². The summed E-state index contributed by atoms with van der Waals surface area (Å²) in [6.07, 6.45) is 0. The summed E-state index contributed by atoms with van der Waals surface area (Å²) in [6.45, 7) is 11.6. The van der Waals surface area contributed by atoms with Crippen molar-refractivity contribution in [3.05, 3.63) is 187 Å². The predicted octanol–water partition coefficient (Wildman–Crippen LogP) is 15.1. The second kappa shape index (κ2) is 12.3. The molecule has 0 spiro atoms. The predicted molar refractivity (Wildman–Crippen MR) is 233 cm³/mol. The smallest absolute Gasteiger partial charge is 0.143 e. The standard InChI is InChI=1S/C53H43NO/c1-52(2,3)36-27-31-47(43(32-36)34-16-7-6-8-17-34)54(37-28-29-46-44(33-37)39-20-11-13-24-45(39)53(46,4)5)48-30-26-35-18-9-10-19-38(35)50(48)42-23-15-22-41-40-21-12-14-25-49(40)55-51(41)42/h6-33H,1-5H3. The molecular weight excluding hydrogens is 667 g/mol. The van der Waals surface area contributed by atoms with Crippen LogP contribution in [0.4, 0.5) is 17.1 Å². The van der Waals surface area contributed by atoms with E-state index in [0.29, 0.717) is 0 Å². The number of nitrogens with zero attached hydrogens (tertiary/aromatic N) is 1. The molecule has 2 nitrogen and oxygen atoms in total. The Morgan fingerprint density at radius 1 is 0.491 bits per heavy atom. The quantitative estimate of drug-likeness (QED) is 0.177. The number of hydrogen-bond acceptors (Lipinski definition) is 2. The van der Waals surface area contributed by atoms with Gasteiger partial charge in [0.2, 0.25) is 0 Å². The number of hydrogen-bond donors (Lipinski definition) is 0. The van der Waals surface area contributed by atoms with Crippen LogP contribution < -0.4 is 4.90 Å². The van der Waals surface area contributed by atoms with Gasteiger partial charge >= 0.3 is 0 Å². The van der Waals surface area contributed by atoms with Crippen molar-refractivity contribution in [2.45, 2.75) is 45.4 Å². The van der Waals surface area contributed by atoms with Crippen molar-refractivity contribution in [3.8, 4) is 33.4 Å². The summed E-state index contributed by atoms with van der Waals surface area (Å²) in [7, 11) is 0.